The van der Waals surface area contributed by atoms with Crippen LogP contribution in [0.15, 0.2) is 40.4 Å². The van der Waals surface area contributed by atoms with Gasteiger partial charge in [0.05, 0.1) is 8.66 Å². The SMILES string of the molecule is O=C(c1ccc(Br)s1)N1CCN(c2ccncc2)CC1. The molecule has 1 amide bonds. The summed E-state index contributed by atoms with van der Waals surface area (Å²) in [5.41, 5.74) is 1.17. The predicted octanol–water partition coefficient (Wildman–Crippen LogP) is 2.87. The molecule has 3 heterocycles. The summed E-state index contributed by atoms with van der Waals surface area (Å²) in [5.74, 6) is 0.134. The summed E-state index contributed by atoms with van der Waals surface area (Å²) in [6, 6.07) is 7.82. The number of hydrogen-bond donors (Lipinski definition) is 0. The van der Waals surface area contributed by atoms with Gasteiger partial charge in [-0.25, -0.2) is 0 Å². The molecular weight excluding hydrogens is 338 g/mol. The fraction of sp³-hybridized carbons (Fsp3) is 0.286. The summed E-state index contributed by atoms with van der Waals surface area (Å²) < 4.78 is 0.997. The number of pyridine rings is 1. The Bertz CT molecular complexity index is 593. The third-order valence-corrected chi connectivity index (χ3v) is 4.99. The van der Waals surface area contributed by atoms with Crippen molar-refractivity contribution in [3.8, 4) is 0 Å². The molecule has 0 aromatic carbocycles. The zero-order valence-corrected chi connectivity index (χ0v) is 13.2. The topological polar surface area (TPSA) is 36.4 Å². The molecule has 4 nitrogen and oxygen atoms in total. The van der Waals surface area contributed by atoms with Crippen LogP contribution in [0.25, 0.3) is 0 Å². The molecule has 0 unspecified atom stereocenters. The minimum absolute atomic E-state index is 0.134. The second kappa shape index (κ2) is 5.93. The van der Waals surface area contributed by atoms with E-state index >= 15 is 0 Å². The summed E-state index contributed by atoms with van der Waals surface area (Å²) in [6.45, 7) is 3.25. The summed E-state index contributed by atoms with van der Waals surface area (Å²) in [4.78, 5) is 21.4. The van der Waals surface area contributed by atoms with Crippen molar-refractivity contribution in [3.63, 3.8) is 0 Å². The summed E-state index contributed by atoms with van der Waals surface area (Å²) in [6.07, 6.45) is 3.60. The van der Waals surface area contributed by atoms with E-state index in [9.17, 15) is 4.79 Å². The standard InChI is InChI=1S/C14H14BrN3OS/c15-13-2-1-12(20-13)14(19)18-9-7-17(8-10-18)11-3-5-16-6-4-11/h1-6H,7-10H2. The van der Waals surface area contributed by atoms with Crippen LogP contribution < -0.4 is 4.90 Å². The zero-order valence-electron chi connectivity index (χ0n) is 10.8. The van der Waals surface area contributed by atoms with Crippen LogP contribution in [0.5, 0.6) is 0 Å². The molecule has 2 aromatic rings. The second-order valence-corrected chi connectivity index (χ2v) is 7.05. The van der Waals surface area contributed by atoms with Gasteiger partial charge in [-0.15, -0.1) is 11.3 Å². The Morgan fingerprint density at radius 3 is 2.40 bits per heavy atom. The molecule has 1 aliphatic rings. The van der Waals surface area contributed by atoms with E-state index < -0.39 is 0 Å². The van der Waals surface area contributed by atoms with Crippen LogP contribution in [-0.4, -0.2) is 42.0 Å². The molecule has 1 fully saturated rings. The third-order valence-electron chi connectivity index (χ3n) is 3.38. The number of amides is 1. The van der Waals surface area contributed by atoms with E-state index in [2.05, 4.69) is 25.8 Å². The minimum Gasteiger partial charge on any atom is -0.368 e. The van der Waals surface area contributed by atoms with Gasteiger partial charge in [0, 0.05) is 44.3 Å². The first-order valence-electron chi connectivity index (χ1n) is 6.43. The molecular formula is C14H14BrN3OS. The Kier molecular flexibility index (Phi) is 4.03. The number of nitrogens with zero attached hydrogens (tertiary/aromatic N) is 3. The van der Waals surface area contributed by atoms with E-state index in [4.69, 9.17) is 0 Å². The van der Waals surface area contributed by atoms with Crippen molar-refractivity contribution in [2.45, 2.75) is 0 Å². The second-order valence-electron chi connectivity index (χ2n) is 4.59. The highest BCUT2D eigenvalue weighted by molar-refractivity contribution is 9.11. The highest BCUT2D eigenvalue weighted by Gasteiger charge is 2.23. The van der Waals surface area contributed by atoms with Crippen LogP contribution in [0.3, 0.4) is 0 Å². The van der Waals surface area contributed by atoms with Gasteiger partial charge in [-0.05, 0) is 40.2 Å². The van der Waals surface area contributed by atoms with Gasteiger partial charge >= 0.3 is 0 Å². The van der Waals surface area contributed by atoms with Crippen LogP contribution in [0.1, 0.15) is 9.67 Å². The summed E-state index contributed by atoms with van der Waals surface area (Å²) in [5, 5.41) is 0. The summed E-state index contributed by atoms with van der Waals surface area (Å²) >= 11 is 4.89. The molecule has 0 radical (unpaired) electrons. The van der Waals surface area contributed by atoms with Gasteiger partial charge in [0.1, 0.15) is 0 Å². The van der Waals surface area contributed by atoms with Gasteiger partial charge in [-0.2, -0.15) is 0 Å². The van der Waals surface area contributed by atoms with Crippen molar-refractivity contribution >= 4 is 38.9 Å². The normalized spacial score (nSPS) is 15.4. The lowest BCUT2D eigenvalue weighted by Crippen LogP contribution is -2.48. The smallest absolute Gasteiger partial charge is 0.264 e. The number of halogens is 1. The van der Waals surface area contributed by atoms with E-state index in [1.165, 1.54) is 17.0 Å². The highest BCUT2D eigenvalue weighted by atomic mass is 79.9. The molecule has 3 rings (SSSR count). The molecule has 1 aliphatic heterocycles. The van der Waals surface area contributed by atoms with Crippen molar-refractivity contribution in [1.29, 1.82) is 0 Å². The Morgan fingerprint density at radius 1 is 1.10 bits per heavy atom. The van der Waals surface area contributed by atoms with Crippen LogP contribution in [0.2, 0.25) is 0 Å². The fourth-order valence-corrected chi connectivity index (χ4v) is 3.66. The number of hydrogen-bond acceptors (Lipinski definition) is 4. The molecule has 104 valence electrons. The average Bonchev–Trinajstić information content (AvgIpc) is 2.94. The largest absolute Gasteiger partial charge is 0.368 e. The van der Waals surface area contributed by atoms with Gasteiger partial charge < -0.3 is 9.80 Å². The maximum atomic E-state index is 12.3. The molecule has 0 aliphatic carbocycles. The Hall–Kier alpha value is -1.40. The Labute approximate surface area is 130 Å². The van der Waals surface area contributed by atoms with Gasteiger partial charge in [-0.1, -0.05) is 0 Å². The van der Waals surface area contributed by atoms with E-state index in [-0.39, 0.29) is 5.91 Å². The lowest BCUT2D eigenvalue weighted by molar-refractivity contribution is 0.0751. The van der Waals surface area contributed by atoms with Crippen LogP contribution in [-0.2, 0) is 0 Å². The van der Waals surface area contributed by atoms with E-state index in [0.717, 1.165) is 34.8 Å². The first-order chi connectivity index (χ1) is 9.74. The average molecular weight is 352 g/mol. The van der Waals surface area contributed by atoms with Crippen LogP contribution in [0.4, 0.5) is 5.69 Å². The third kappa shape index (κ3) is 2.86. The molecule has 1 saturated heterocycles. The lowest BCUT2D eigenvalue weighted by Gasteiger charge is -2.35. The van der Waals surface area contributed by atoms with Crippen molar-refractivity contribution in [1.82, 2.24) is 9.88 Å². The zero-order chi connectivity index (χ0) is 13.9. The quantitative estimate of drug-likeness (QED) is 0.834. The van der Waals surface area contributed by atoms with Crippen molar-refractivity contribution in [2.75, 3.05) is 31.1 Å². The fourth-order valence-electron chi connectivity index (χ4n) is 2.31. The van der Waals surface area contributed by atoms with E-state index in [1.54, 1.807) is 12.4 Å². The Balaban J connectivity index is 1.63. The van der Waals surface area contributed by atoms with Crippen molar-refractivity contribution in [2.24, 2.45) is 0 Å². The molecule has 20 heavy (non-hydrogen) atoms. The highest BCUT2D eigenvalue weighted by Crippen LogP contribution is 2.24. The maximum absolute atomic E-state index is 12.3. The number of rotatable bonds is 2. The number of piperazine rings is 1. The van der Waals surface area contributed by atoms with Gasteiger partial charge in [0.15, 0.2) is 0 Å². The number of carbonyl (C=O) groups is 1. The van der Waals surface area contributed by atoms with E-state index in [1.807, 2.05) is 29.2 Å². The first kappa shape index (κ1) is 13.6. The van der Waals surface area contributed by atoms with Crippen LogP contribution in [0, 0.1) is 0 Å². The van der Waals surface area contributed by atoms with Crippen LogP contribution >= 0.6 is 27.3 Å². The monoisotopic (exact) mass is 351 g/mol. The minimum atomic E-state index is 0.134. The molecule has 0 saturated carbocycles. The lowest BCUT2D eigenvalue weighted by atomic mass is 10.2. The van der Waals surface area contributed by atoms with Crippen molar-refractivity contribution in [3.05, 3.63) is 45.3 Å². The van der Waals surface area contributed by atoms with Crippen molar-refractivity contribution < 1.29 is 4.79 Å². The Morgan fingerprint density at radius 2 is 1.80 bits per heavy atom. The number of thiophene rings is 1. The van der Waals surface area contributed by atoms with E-state index in [0.29, 0.717) is 0 Å². The molecule has 2 aromatic heterocycles. The number of aromatic nitrogens is 1. The molecule has 0 N–H and O–H groups in total. The number of carbonyl (C=O) groups excluding carboxylic acids is 1. The number of anilines is 1. The molecule has 0 spiro atoms. The first-order valence-corrected chi connectivity index (χ1v) is 8.04. The van der Waals surface area contributed by atoms with Gasteiger partial charge in [0.2, 0.25) is 0 Å². The maximum Gasteiger partial charge on any atom is 0.264 e. The summed E-state index contributed by atoms with van der Waals surface area (Å²) in [7, 11) is 0. The predicted molar refractivity (Wildman–Crippen MR) is 84.4 cm³/mol. The molecule has 6 heteroatoms. The van der Waals surface area contributed by atoms with Gasteiger partial charge in [-0.3, -0.25) is 9.78 Å². The molecule has 0 atom stereocenters. The molecule has 0 bridgehead atoms. The van der Waals surface area contributed by atoms with Gasteiger partial charge in [0.25, 0.3) is 5.91 Å².